The number of carbonyl (C=O) groups is 1. The molecule has 0 radical (unpaired) electrons. The number of amides is 1. The number of ether oxygens (including phenoxy) is 3. The lowest BCUT2D eigenvalue weighted by Gasteiger charge is -2.28. The van der Waals surface area contributed by atoms with Crippen LogP contribution >= 0.6 is 0 Å². The van der Waals surface area contributed by atoms with Crippen LogP contribution in [0, 0.1) is 0 Å². The maximum absolute atomic E-state index is 12.7. The number of hydrogen-bond donors (Lipinski definition) is 1. The Morgan fingerprint density at radius 3 is 2.61 bits per heavy atom. The molecule has 0 bridgehead atoms. The lowest BCUT2D eigenvalue weighted by molar-refractivity contribution is -0.118. The zero-order valence-corrected chi connectivity index (χ0v) is 16.1. The van der Waals surface area contributed by atoms with Gasteiger partial charge in [0.1, 0.15) is 5.75 Å². The van der Waals surface area contributed by atoms with Crippen molar-refractivity contribution in [2.45, 2.75) is 38.3 Å². The molecular weight excluding hydrogens is 356 g/mol. The zero-order chi connectivity index (χ0) is 19.3. The molecule has 1 aliphatic heterocycles. The highest BCUT2D eigenvalue weighted by atomic mass is 16.7. The van der Waals surface area contributed by atoms with Gasteiger partial charge in [0.2, 0.25) is 12.7 Å². The molecule has 148 valence electrons. The molecule has 6 nitrogen and oxygen atoms in total. The van der Waals surface area contributed by atoms with Crippen LogP contribution < -0.4 is 19.5 Å². The number of anilines is 1. The van der Waals surface area contributed by atoms with Gasteiger partial charge in [-0.1, -0.05) is 18.9 Å². The van der Waals surface area contributed by atoms with Crippen molar-refractivity contribution in [1.82, 2.24) is 4.90 Å². The number of rotatable bonds is 7. The lowest BCUT2D eigenvalue weighted by atomic mass is 10.1. The van der Waals surface area contributed by atoms with Crippen LogP contribution in [0.15, 0.2) is 42.5 Å². The molecule has 1 aliphatic carbocycles. The van der Waals surface area contributed by atoms with Crippen molar-refractivity contribution < 1.29 is 19.0 Å². The summed E-state index contributed by atoms with van der Waals surface area (Å²) in [5.74, 6) is 2.34. The summed E-state index contributed by atoms with van der Waals surface area (Å²) in [5, 5.41) is 2.99. The van der Waals surface area contributed by atoms with E-state index < -0.39 is 0 Å². The van der Waals surface area contributed by atoms with Crippen LogP contribution in [0.4, 0.5) is 5.69 Å². The standard InChI is InChI=1S/C22H26N2O4/c1-26-19-9-7-17(8-10-19)23-22(25)14-24(18-4-2-3-5-18)13-16-6-11-20-21(12-16)28-15-27-20/h6-12,18H,2-5,13-15H2,1H3,(H,23,25). The Labute approximate surface area is 165 Å². The van der Waals surface area contributed by atoms with Crippen LogP contribution in [-0.4, -0.2) is 37.3 Å². The Bertz CT molecular complexity index is 816. The van der Waals surface area contributed by atoms with E-state index in [0.29, 0.717) is 12.6 Å². The van der Waals surface area contributed by atoms with Crippen molar-refractivity contribution >= 4 is 11.6 Å². The smallest absolute Gasteiger partial charge is 0.238 e. The number of fused-ring (bicyclic) bond motifs is 1. The van der Waals surface area contributed by atoms with Gasteiger partial charge in [0.15, 0.2) is 11.5 Å². The molecule has 1 heterocycles. The maximum Gasteiger partial charge on any atom is 0.238 e. The van der Waals surface area contributed by atoms with E-state index in [2.05, 4.69) is 16.3 Å². The van der Waals surface area contributed by atoms with Gasteiger partial charge in [-0.05, 0) is 54.8 Å². The van der Waals surface area contributed by atoms with Gasteiger partial charge in [0.05, 0.1) is 13.7 Å². The normalized spacial score (nSPS) is 15.8. The van der Waals surface area contributed by atoms with Crippen LogP contribution in [0.25, 0.3) is 0 Å². The summed E-state index contributed by atoms with van der Waals surface area (Å²) in [6.45, 7) is 1.36. The first-order valence-electron chi connectivity index (χ1n) is 9.78. The number of nitrogens with one attached hydrogen (secondary N) is 1. The summed E-state index contributed by atoms with van der Waals surface area (Å²) in [5.41, 5.74) is 1.91. The molecule has 2 aliphatic rings. The highest BCUT2D eigenvalue weighted by Crippen LogP contribution is 2.33. The first kappa shape index (κ1) is 18.6. The van der Waals surface area contributed by atoms with Crippen LogP contribution in [-0.2, 0) is 11.3 Å². The highest BCUT2D eigenvalue weighted by Gasteiger charge is 2.25. The van der Waals surface area contributed by atoms with Crippen molar-refractivity contribution in [2.24, 2.45) is 0 Å². The van der Waals surface area contributed by atoms with Gasteiger partial charge >= 0.3 is 0 Å². The molecule has 0 spiro atoms. The maximum atomic E-state index is 12.7. The van der Waals surface area contributed by atoms with Crippen LogP contribution in [0.3, 0.4) is 0 Å². The molecule has 0 saturated heterocycles. The quantitative estimate of drug-likeness (QED) is 0.789. The second kappa shape index (κ2) is 8.52. The van der Waals surface area contributed by atoms with E-state index in [1.165, 1.54) is 12.8 Å². The second-order valence-electron chi connectivity index (χ2n) is 7.31. The van der Waals surface area contributed by atoms with E-state index in [1.54, 1.807) is 7.11 Å². The van der Waals surface area contributed by atoms with Gasteiger partial charge in [0.25, 0.3) is 0 Å². The number of benzene rings is 2. The zero-order valence-electron chi connectivity index (χ0n) is 16.1. The topological polar surface area (TPSA) is 60.0 Å². The van der Waals surface area contributed by atoms with Gasteiger partial charge in [-0.25, -0.2) is 0 Å². The van der Waals surface area contributed by atoms with Gasteiger partial charge in [0, 0.05) is 18.3 Å². The molecular formula is C22H26N2O4. The number of methoxy groups -OCH3 is 1. The van der Waals surface area contributed by atoms with E-state index in [4.69, 9.17) is 14.2 Å². The monoisotopic (exact) mass is 382 g/mol. The fraction of sp³-hybridized carbons (Fsp3) is 0.409. The molecule has 2 aromatic rings. The van der Waals surface area contributed by atoms with Gasteiger partial charge in [-0.3, -0.25) is 9.69 Å². The molecule has 1 amide bonds. The van der Waals surface area contributed by atoms with Crippen molar-refractivity contribution in [1.29, 1.82) is 0 Å². The van der Waals surface area contributed by atoms with Crippen molar-refractivity contribution in [3.05, 3.63) is 48.0 Å². The van der Waals surface area contributed by atoms with E-state index in [-0.39, 0.29) is 12.7 Å². The summed E-state index contributed by atoms with van der Waals surface area (Å²) in [4.78, 5) is 15.0. The average molecular weight is 382 g/mol. The molecule has 1 fully saturated rings. The van der Waals surface area contributed by atoms with E-state index in [9.17, 15) is 4.79 Å². The Morgan fingerprint density at radius 2 is 1.86 bits per heavy atom. The van der Waals surface area contributed by atoms with E-state index in [0.717, 1.165) is 47.9 Å². The van der Waals surface area contributed by atoms with Crippen LogP contribution in [0.5, 0.6) is 17.2 Å². The largest absolute Gasteiger partial charge is 0.497 e. The number of nitrogens with zero attached hydrogens (tertiary/aromatic N) is 1. The summed E-state index contributed by atoms with van der Waals surface area (Å²) in [6.07, 6.45) is 4.73. The molecule has 0 atom stereocenters. The van der Waals surface area contributed by atoms with E-state index >= 15 is 0 Å². The van der Waals surface area contributed by atoms with Crippen LogP contribution in [0.2, 0.25) is 0 Å². The number of carbonyl (C=O) groups excluding carboxylic acids is 1. The molecule has 4 rings (SSSR count). The van der Waals surface area contributed by atoms with E-state index in [1.807, 2.05) is 36.4 Å². The summed E-state index contributed by atoms with van der Waals surface area (Å²) >= 11 is 0. The fourth-order valence-electron chi connectivity index (χ4n) is 3.92. The average Bonchev–Trinajstić information content (AvgIpc) is 3.39. The molecule has 1 saturated carbocycles. The predicted molar refractivity (Wildman–Crippen MR) is 107 cm³/mol. The minimum Gasteiger partial charge on any atom is -0.497 e. The Kier molecular flexibility index (Phi) is 5.67. The SMILES string of the molecule is COc1ccc(NC(=O)CN(Cc2ccc3c(c2)OCO3)C2CCCC2)cc1. The van der Waals surface area contributed by atoms with Gasteiger partial charge in [-0.2, -0.15) is 0 Å². The predicted octanol–water partition coefficient (Wildman–Crippen LogP) is 3.81. The second-order valence-corrected chi connectivity index (χ2v) is 7.31. The van der Waals surface area contributed by atoms with Crippen molar-refractivity contribution in [2.75, 3.05) is 25.8 Å². The Balaban J connectivity index is 1.42. The van der Waals surface area contributed by atoms with Crippen LogP contribution in [0.1, 0.15) is 31.2 Å². The molecule has 28 heavy (non-hydrogen) atoms. The fourth-order valence-corrected chi connectivity index (χ4v) is 3.92. The third-order valence-electron chi connectivity index (χ3n) is 5.38. The molecule has 0 unspecified atom stereocenters. The highest BCUT2D eigenvalue weighted by molar-refractivity contribution is 5.92. The lowest BCUT2D eigenvalue weighted by Crippen LogP contribution is -2.39. The minimum absolute atomic E-state index is 0.00203. The first-order valence-corrected chi connectivity index (χ1v) is 9.78. The molecule has 1 N–H and O–H groups in total. The summed E-state index contributed by atoms with van der Waals surface area (Å²) < 4.78 is 16.1. The molecule has 0 aromatic heterocycles. The molecule has 2 aromatic carbocycles. The Hall–Kier alpha value is -2.73. The third-order valence-corrected chi connectivity index (χ3v) is 5.38. The first-order chi connectivity index (χ1) is 13.7. The summed E-state index contributed by atoms with van der Waals surface area (Å²) in [6, 6.07) is 13.9. The number of hydrogen-bond acceptors (Lipinski definition) is 5. The minimum atomic E-state index is -0.00203. The Morgan fingerprint density at radius 1 is 1.11 bits per heavy atom. The van der Waals surface area contributed by atoms with Gasteiger partial charge < -0.3 is 19.5 Å². The van der Waals surface area contributed by atoms with Crippen molar-refractivity contribution in [3.8, 4) is 17.2 Å². The molecule has 6 heteroatoms. The summed E-state index contributed by atoms with van der Waals surface area (Å²) in [7, 11) is 1.63. The third kappa shape index (κ3) is 4.39. The van der Waals surface area contributed by atoms with Crippen molar-refractivity contribution in [3.63, 3.8) is 0 Å². The van der Waals surface area contributed by atoms with Gasteiger partial charge in [-0.15, -0.1) is 0 Å².